The summed E-state index contributed by atoms with van der Waals surface area (Å²) in [6, 6.07) is 6.75. The number of hydrogen-bond donors (Lipinski definition) is 2. The number of nitrogens with zero attached hydrogens (tertiary/aromatic N) is 1. The second-order valence-electron chi connectivity index (χ2n) is 6.11. The summed E-state index contributed by atoms with van der Waals surface area (Å²) in [6.45, 7) is 4.44. The van der Waals surface area contributed by atoms with Gasteiger partial charge in [-0.2, -0.15) is 0 Å². The normalized spacial score (nSPS) is 13.2. The Hall–Kier alpha value is -2.83. The fourth-order valence-corrected chi connectivity index (χ4v) is 2.43. The van der Waals surface area contributed by atoms with Gasteiger partial charge in [0.25, 0.3) is 11.8 Å². The van der Waals surface area contributed by atoms with Crippen molar-refractivity contribution in [2.75, 3.05) is 11.9 Å². The average Bonchev–Trinajstić information content (AvgIpc) is 2.98. The van der Waals surface area contributed by atoms with E-state index >= 15 is 0 Å². The molecule has 1 aliphatic rings. The van der Waals surface area contributed by atoms with Crippen LogP contribution in [0.5, 0.6) is 5.75 Å². The van der Waals surface area contributed by atoms with Crippen LogP contribution >= 0.6 is 0 Å². The zero-order valence-electron chi connectivity index (χ0n) is 13.6. The van der Waals surface area contributed by atoms with E-state index in [0.717, 1.165) is 12.2 Å². The van der Waals surface area contributed by atoms with Gasteiger partial charge in [-0.25, -0.2) is 0 Å². The van der Waals surface area contributed by atoms with E-state index < -0.39 is 0 Å². The molecule has 0 saturated carbocycles. The molecule has 1 aliphatic heterocycles. The smallest absolute Gasteiger partial charge is 0.262 e. The Kier molecular flexibility index (Phi) is 4.50. The van der Waals surface area contributed by atoms with Gasteiger partial charge in [-0.1, -0.05) is 19.0 Å². The van der Waals surface area contributed by atoms with Crippen molar-refractivity contribution in [2.24, 2.45) is 5.92 Å². The summed E-state index contributed by atoms with van der Waals surface area (Å²) in [5, 5.41) is 9.43. The lowest BCUT2D eigenvalue weighted by atomic mass is 10.1. The molecule has 2 N–H and O–H groups in total. The number of aromatic nitrogens is 1. The Morgan fingerprint density at radius 1 is 1.38 bits per heavy atom. The number of ether oxygens (including phenoxy) is 1. The van der Waals surface area contributed by atoms with Crippen LogP contribution in [0.1, 0.15) is 35.7 Å². The van der Waals surface area contributed by atoms with Crippen molar-refractivity contribution in [2.45, 2.75) is 26.8 Å². The van der Waals surface area contributed by atoms with Crippen molar-refractivity contribution in [3.63, 3.8) is 0 Å². The first-order chi connectivity index (χ1) is 11.5. The molecule has 126 valence electrons. The maximum absolute atomic E-state index is 12.2. The Balaban J connectivity index is 1.61. The van der Waals surface area contributed by atoms with Crippen LogP contribution in [0.15, 0.2) is 28.8 Å². The van der Waals surface area contributed by atoms with Crippen molar-refractivity contribution < 1.29 is 18.8 Å². The summed E-state index contributed by atoms with van der Waals surface area (Å²) in [5.74, 6) is 1.33. The second kappa shape index (κ2) is 6.74. The lowest BCUT2D eigenvalue weighted by Gasteiger charge is -2.18. The zero-order valence-corrected chi connectivity index (χ0v) is 13.6. The minimum Gasteiger partial charge on any atom is -0.482 e. The van der Waals surface area contributed by atoms with Crippen LogP contribution < -0.4 is 15.4 Å². The summed E-state index contributed by atoms with van der Waals surface area (Å²) in [7, 11) is 0. The molecule has 2 heterocycles. The van der Waals surface area contributed by atoms with E-state index in [2.05, 4.69) is 29.6 Å². The van der Waals surface area contributed by atoms with Crippen LogP contribution in [-0.4, -0.2) is 23.6 Å². The van der Waals surface area contributed by atoms with Gasteiger partial charge in [0.1, 0.15) is 17.2 Å². The Morgan fingerprint density at radius 3 is 3.00 bits per heavy atom. The third-order valence-electron chi connectivity index (χ3n) is 3.52. The number of rotatable bonds is 5. The Morgan fingerprint density at radius 2 is 2.21 bits per heavy atom. The molecule has 3 rings (SSSR count). The van der Waals surface area contributed by atoms with E-state index in [1.54, 1.807) is 18.2 Å². The summed E-state index contributed by atoms with van der Waals surface area (Å²) in [5.41, 5.74) is 1.70. The number of carbonyl (C=O) groups is 2. The minimum atomic E-state index is -0.244. The molecule has 0 unspecified atom stereocenters. The van der Waals surface area contributed by atoms with Gasteiger partial charge in [0.2, 0.25) is 0 Å². The molecule has 7 nitrogen and oxygen atoms in total. The molecule has 7 heteroatoms. The van der Waals surface area contributed by atoms with Gasteiger partial charge in [0.15, 0.2) is 6.61 Å². The fraction of sp³-hybridized carbons (Fsp3) is 0.353. The highest BCUT2D eigenvalue weighted by Gasteiger charge is 2.18. The highest BCUT2D eigenvalue weighted by atomic mass is 16.5. The molecule has 0 fully saturated rings. The number of anilines is 1. The lowest BCUT2D eigenvalue weighted by Crippen LogP contribution is -2.26. The van der Waals surface area contributed by atoms with Crippen molar-refractivity contribution >= 4 is 17.5 Å². The molecule has 0 radical (unpaired) electrons. The van der Waals surface area contributed by atoms with E-state index in [-0.39, 0.29) is 25.0 Å². The van der Waals surface area contributed by atoms with E-state index in [1.807, 2.05) is 6.07 Å². The quantitative estimate of drug-likeness (QED) is 0.876. The van der Waals surface area contributed by atoms with E-state index in [1.165, 1.54) is 0 Å². The number of amides is 2. The van der Waals surface area contributed by atoms with Crippen molar-refractivity contribution in [3.05, 3.63) is 41.3 Å². The molecular weight excluding hydrogens is 310 g/mol. The number of carbonyl (C=O) groups excluding carboxylic acids is 2. The number of fused-ring (bicyclic) bond motifs is 1. The molecule has 2 amide bonds. The van der Waals surface area contributed by atoms with Crippen molar-refractivity contribution in [1.29, 1.82) is 0 Å². The van der Waals surface area contributed by atoms with Crippen LogP contribution in [0, 0.1) is 5.92 Å². The number of nitrogens with one attached hydrogen (secondary N) is 2. The van der Waals surface area contributed by atoms with E-state index in [4.69, 9.17) is 9.26 Å². The molecular formula is C17H19N3O4. The number of benzene rings is 1. The fourth-order valence-electron chi connectivity index (χ4n) is 2.43. The van der Waals surface area contributed by atoms with Gasteiger partial charge in [-0.15, -0.1) is 0 Å². The third kappa shape index (κ3) is 3.73. The van der Waals surface area contributed by atoms with Gasteiger partial charge < -0.3 is 19.9 Å². The SMILES string of the molecule is CC(C)Cc1cc(CNC(=O)c2ccc3c(c2)OCC(=O)N3)no1. The Bertz CT molecular complexity index is 767. The van der Waals surface area contributed by atoms with Crippen LogP contribution in [0.4, 0.5) is 5.69 Å². The van der Waals surface area contributed by atoms with Gasteiger partial charge >= 0.3 is 0 Å². The highest BCUT2D eigenvalue weighted by molar-refractivity contribution is 5.98. The summed E-state index contributed by atoms with van der Waals surface area (Å²) >= 11 is 0. The Labute approximate surface area is 139 Å². The average molecular weight is 329 g/mol. The van der Waals surface area contributed by atoms with Crippen LogP contribution in [0.25, 0.3) is 0 Å². The van der Waals surface area contributed by atoms with Crippen LogP contribution in [0.2, 0.25) is 0 Å². The first-order valence-electron chi connectivity index (χ1n) is 7.80. The lowest BCUT2D eigenvalue weighted by molar-refractivity contribution is -0.118. The number of hydrogen-bond acceptors (Lipinski definition) is 5. The van der Waals surface area contributed by atoms with Crippen molar-refractivity contribution in [1.82, 2.24) is 10.5 Å². The van der Waals surface area contributed by atoms with Crippen LogP contribution in [0.3, 0.4) is 0 Å². The van der Waals surface area contributed by atoms with Crippen LogP contribution in [-0.2, 0) is 17.8 Å². The molecule has 1 aromatic carbocycles. The molecule has 0 aliphatic carbocycles. The predicted octanol–water partition coefficient (Wildman–Crippen LogP) is 2.13. The molecule has 0 atom stereocenters. The largest absolute Gasteiger partial charge is 0.482 e. The maximum Gasteiger partial charge on any atom is 0.262 e. The molecule has 0 spiro atoms. The molecule has 2 aromatic rings. The minimum absolute atomic E-state index is 0.0460. The first kappa shape index (κ1) is 16.0. The summed E-state index contributed by atoms with van der Waals surface area (Å²) in [6.07, 6.45) is 0.814. The van der Waals surface area contributed by atoms with Gasteiger partial charge in [0, 0.05) is 18.1 Å². The van der Waals surface area contributed by atoms with Gasteiger partial charge in [-0.3, -0.25) is 9.59 Å². The monoisotopic (exact) mass is 329 g/mol. The zero-order chi connectivity index (χ0) is 17.1. The molecule has 1 aromatic heterocycles. The summed E-state index contributed by atoms with van der Waals surface area (Å²) < 4.78 is 10.5. The highest BCUT2D eigenvalue weighted by Crippen LogP contribution is 2.28. The standard InChI is InChI=1S/C17H19N3O4/c1-10(2)5-13-7-12(20-24-13)8-18-17(22)11-3-4-14-15(6-11)23-9-16(21)19-14/h3-4,6-7,10H,5,8-9H2,1-2H3,(H,18,22)(H,19,21). The first-order valence-corrected chi connectivity index (χ1v) is 7.80. The molecule has 0 saturated heterocycles. The van der Waals surface area contributed by atoms with Gasteiger partial charge in [0.05, 0.1) is 12.2 Å². The third-order valence-corrected chi connectivity index (χ3v) is 3.52. The van der Waals surface area contributed by atoms with E-state index in [0.29, 0.717) is 28.6 Å². The van der Waals surface area contributed by atoms with Crippen molar-refractivity contribution in [3.8, 4) is 5.75 Å². The maximum atomic E-state index is 12.2. The predicted molar refractivity (Wildman–Crippen MR) is 86.8 cm³/mol. The van der Waals surface area contributed by atoms with Gasteiger partial charge in [-0.05, 0) is 24.1 Å². The topological polar surface area (TPSA) is 93.5 Å². The molecule has 0 bridgehead atoms. The molecule has 24 heavy (non-hydrogen) atoms. The second-order valence-corrected chi connectivity index (χ2v) is 6.11. The van der Waals surface area contributed by atoms with E-state index in [9.17, 15) is 9.59 Å². The summed E-state index contributed by atoms with van der Waals surface area (Å²) in [4.78, 5) is 23.5.